The Hall–Kier alpha value is -8.00. The number of anilines is 3. The van der Waals surface area contributed by atoms with E-state index >= 15 is 0 Å². The summed E-state index contributed by atoms with van der Waals surface area (Å²) >= 11 is 0. The minimum atomic E-state index is 1.10. The van der Waals surface area contributed by atoms with Crippen LogP contribution in [-0.4, -0.2) is 0 Å². The fourth-order valence-electron chi connectivity index (χ4n) is 9.19. The van der Waals surface area contributed by atoms with Gasteiger partial charge < -0.3 is 4.90 Å². The van der Waals surface area contributed by atoms with Crippen LogP contribution in [0, 0.1) is 0 Å². The Morgan fingerprint density at radius 3 is 1.03 bits per heavy atom. The Morgan fingerprint density at radius 1 is 0.213 bits per heavy atom. The molecule has 0 atom stereocenters. The highest BCUT2D eigenvalue weighted by Crippen LogP contribution is 2.50. The summed E-state index contributed by atoms with van der Waals surface area (Å²) in [6.07, 6.45) is 0. The molecule has 0 unspecified atom stereocenters. The van der Waals surface area contributed by atoms with E-state index in [1.165, 1.54) is 88.0 Å². The van der Waals surface area contributed by atoms with Crippen LogP contribution in [0.15, 0.2) is 249 Å². The molecule has 0 aliphatic heterocycles. The van der Waals surface area contributed by atoms with E-state index in [1.54, 1.807) is 0 Å². The first-order chi connectivity index (χ1) is 30.3. The number of rotatable bonds is 8. The largest absolute Gasteiger partial charge is 0.311 e. The summed E-state index contributed by atoms with van der Waals surface area (Å²) in [4.78, 5) is 2.33. The maximum atomic E-state index is 2.45. The van der Waals surface area contributed by atoms with E-state index in [2.05, 4.69) is 254 Å². The number of benzene rings is 11. The van der Waals surface area contributed by atoms with Crippen LogP contribution in [0.1, 0.15) is 0 Å². The minimum Gasteiger partial charge on any atom is -0.311 e. The molecule has 0 N–H and O–H groups in total. The maximum Gasteiger partial charge on any atom is 0.0462 e. The van der Waals surface area contributed by atoms with Gasteiger partial charge in [-0.05, 0) is 143 Å². The van der Waals surface area contributed by atoms with Crippen LogP contribution in [0.4, 0.5) is 17.1 Å². The monoisotopic (exact) mass is 775 g/mol. The van der Waals surface area contributed by atoms with E-state index < -0.39 is 0 Å². The van der Waals surface area contributed by atoms with E-state index in [4.69, 9.17) is 0 Å². The Kier molecular flexibility index (Phi) is 9.26. The quantitative estimate of drug-likeness (QED) is 0.139. The molecule has 0 aliphatic rings. The van der Waals surface area contributed by atoms with E-state index in [9.17, 15) is 0 Å². The van der Waals surface area contributed by atoms with Gasteiger partial charge in [0, 0.05) is 17.1 Å². The second kappa shape index (κ2) is 15.6. The van der Waals surface area contributed by atoms with E-state index in [0.717, 1.165) is 17.1 Å². The van der Waals surface area contributed by atoms with Crippen molar-refractivity contribution >= 4 is 49.4 Å². The van der Waals surface area contributed by atoms with Gasteiger partial charge in [0.05, 0.1) is 0 Å². The fourth-order valence-corrected chi connectivity index (χ4v) is 9.19. The molecular formula is C60H41N. The van der Waals surface area contributed by atoms with Crippen LogP contribution in [0.25, 0.3) is 88.0 Å². The fraction of sp³-hybridized carbons (Fsp3) is 0. The Balaban J connectivity index is 1.26. The van der Waals surface area contributed by atoms with Crippen LogP contribution < -0.4 is 4.90 Å². The van der Waals surface area contributed by atoms with Crippen LogP contribution in [-0.2, 0) is 0 Å². The zero-order chi connectivity index (χ0) is 40.5. The lowest BCUT2D eigenvalue weighted by atomic mass is 9.80. The first kappa shape index (κ1) is 36.1. The number of fused-ring (bicyclic) bond motifs is 6. The third-order valence-corrected chi connectivity index (χ3v) is 12.0. The Labute approximate surface area is 357 Å². The van der Waals surface area contributed by atoms with Gasteiger partial charge >= 0.3 is 0 Å². The molecule has 0 radical (unpaired) electrons. The molecule has 11 rings (SSSR count). The number of hydrogen-bond acceptors (Lipinski definition) is 1. The van der Waals surface area contributed by atoms with Crippen molar-refractivity contribution < 1.29 is 0 Å². The van der Waals surface area contributed by atoms with Crippen molar-refractivity contribution in [2.75, 3.05) is 4.90 Å². The van der Waals surface area contributed by atoms with E-state index in [0.29, 0.717) is 0 Å². The second-order valence-corrected chi connectivity index (χ2v) is 15.6. The van der Waals surface area contributed by atoms with Gasteiger partial charge in [-0.25, -0.2) is 0 Å². The molecule has 0 fully saturated rings. The van der Waals surface area contributed by atoms with Crippen molar-refractivity contribution in [1.82, 2.24) is 0 Å². The van der Waals surface area contributed by atoms with Crippen molar-refractivity contribution in [3.8, 4) is 55.6 Å². The molecule has 0 spiro atoms. The highest BCUT2D eigenvalue weighted by molar-refractivity contribution is 6.33. The lowest BCUT2D eigenvalue weighted by Crippen LogP contribution is -2.09. The molecule has 0 amide bonds. The minimum absolute atomic E-state index is 1.10. The maximum absolute atomic E-state index is 2.45. The van der Waals surface area contributed by atoms with Gasteiger partial charge in [-0.1, -0.05) is 194 Å². The molecule has 0 aromatic heterocycles. The van der Waals surface area contributed by atoms with Crippen molar-refractivity contribution in [2.24, 2.45) is 0 Å². The number of hydrogen-bond donors (Lipinski definition) is 0. The summed E-state index contributed by atoms with van der Waals surface area (Å²) in [7, 11) is 0. The lowest BCUT2D eigenvalue weighted by Gasteiger charge is -2.26. The summed E-state index contributed by atoms with van der Waals surface area (Å²) in [6.45, 7) is 0. The number of para-hydroxylation sites is 2. The molecule has 1 nitrogen and oxygen atoms in total. The van der Waals surface area contributed by atoms with Crippen LogP contribution in [0.3, 0.4) is 0 Å². The topological polar surface area (TPSA) is 3.24 Å². The molecule has 61 heavy (non-hydrogen) atoms. The van der Waals surface area contributed by atoms with Gasteiger partial charge in [-0.2, -0.15) is 0 Å². The van der Waals surface area contributed by atoms with Crippen LogP contribution in [0.5, 0.6) is 0 Å². The normalized spacial score (nSPS) is 11.3. The van der Waals surface area contributed by atoms with E-state index in [-0.39, 0.29) is 0 Å². The van der Waals surface area contributed by atoms with Crippen molar-refractivity contribution in [2.45, 2.75) is 0 Å². The first-order valence-electron chi connectivity index (χ1n) is 21.0. The molecule has 286 valence electrons. The predicted molar refractivity (Wildman–Crippen MR) is 261 cm³/mol. The third kappa shape index (κ3) is 6.63. The summed E-state index contributed by atoms with van der Waals surface area (Å²) in [5.41, 5.74) is 15.4. The zero-order valence-corrected chi connectivity index (χ0v) is 33.6. The Morgan fingerprint density at radius 2 is 0.574 bits per heavy atom. The highest BCUT2D eigenvalue weighted by atomic mass is 15.1. The summed E-state index contributed by atoms with van der Waals surface area (Å²) in [5.74, 6) is 0. The average Bonchev–Trinajstić information content (AvgIpc) is 3.35. The van der Waals surface area contributed by atoms with Crippen molar-refractivity contribution in [3.05, 3.63) is 249 Å². The average molecular weight is 776 g/mol. The smallest absolute Gasteiger partial charge is 0.0462 e. The van der Waals surface area contributed by atoms with Gasteiger partial charge in [0.25, 0.3) is 0 Å². The molecule has 11 aromatic rings. The Bertz CT molecular complexity index is 3250. The zero-order valence-electron chi connectivity index (χ0n) is 33.6. The van der Waals surface area contributed by atoms with Crippen molar-refractivity contribution in [1.29, 1.82) is 0 Å². The third-order valence-electron chi connectivity index (χ3n) is 12.0. The second-order valence-electron chi connectivity index (χ2n) is 15.6. The molecule has 0 aliphatic carbocycles. The first-order valence-corrected chi connectivity index (χ1v) is 21.0. The molecular weight excluding hydrogens is 735 g/mol. The van der Waals surface area contributed by atoms with Crippen LogP contribution in [0.2, 0.25) is 0 Å². The van der Waals surface area contributed by atoms with Gasteiger partial charge in [0.15, 0.2) is 0 Å². The summed E-state index contributed by atoms with van der Waals surface area (Å²) < 4.78 is 0. The summed E-state index contributed by atoms with van der Waals surface area (Å²) in [5, 5.41) is 7.47. The van der Waals surface area contributed by atoms with Gasteiger partial charge in [-0.15, -0.1) is 0 Å². The molecule has 0 heterocycles. The molecule has 1 heteroatoms. The predicted octanol–water partition coefficient (Wildman–Crippen LogP) is 17.0. The molecule has 0 bridgehead atoms. The van der Waals surface area contributed by atoms with Gasteiger partial charge in [0.1, 0.15) is 0 Å². The van der Waals surface area contributed by atoms with E-state index in [1.807, 2.05) is 0 Å². The molecule has 11 aromatic carbocycles. The van der Waals surface area contributed by atoms with Gasteiger partial charge in [0.2, 0.25) is 0 Å². The molecule has 0 saturated carbocycles. The highest BCUT2D eigenvalue weighted by Gasteiger charge is 2.23. The standard InChI is InChI=1S/C60H41N/c1-7-19-42(20-8-1)47-33-37-52-56(39-47)57-40-48(43-21-9-2-10-22-43)34-38-53(57)60-58(54(44-23-11-3-12-24-44)41-55(59(52)60)45-25-13-4-14-26-45)46-31-35-51(36-32-46)61(49-27-15-5-16-28-49)50-29-17-6-18-30-50/h1-41H. The number of nitrogens with zero attached hydrogens (tertiary/aromatic N) is 1. The summed E-state index contributed by atoms with van der Waals surface area (Å²) in [6, 6.07) is 90.5. The lowest BCUT2D eigenvalue weighted by molar-refractivity contribution is 1.28. The van der Waals surface area contributed by atoms with Crippen molar-refractivity contribution in [3.63, 3.8) is 0 Å². The SMILES string of the molecule is c1ccc(-c2ccc3c(c2)c2cc(-c4ccccc4)ccc2c2c(-c4ccc(N(c5ccccc5)c5ccccc5)cc4)c(-c4ccccc4)cc(-c4ccccc4)c32)cc1. The van der Waals surface area contributed by atoms with Crippen LogP contribution >= 0.6 is 0 Å². The molecule has 0 saturated heterocycles. The van der Waals surface area contributed by atoms with Gasteiger partial charge in [-0.3, -0.25) is 0 Å².